The molecule has 3 rings (SSSR count). The Morgan fingerprint density at radius 1 is 1.32 bits per heavy atom. The van der Waals surface area contributed by atoms with Gasteiger partial charge < -0.3 is 15.5 Å². The molecule has 1 aromatic rings. The van der Waals surface area contributed by atoms with Crippen molar-refractivity contribution >= 4 is 17.6 Å². The fourth-order valence-electron chi connectivity index (χ4n) is 4.08. The van der Waals surface area contributed by atoms with Gasteiger partial charge in [-0.1, -0.05) is 13.3 Å². The summed E-state index contributed by atoms with van der Waals surface area (Å²) in [5.41, 5.74) is 6.25. The minimum atomic E-state index is 0.0172. The van der Waals surface area contributed by atoms with Crippen molar-refractivity contribution in [3.05, 3.63) is 23.9 Å². The molecule has 1 aromatic heterocycles. The summed E-state index contributed by atoms with van der Waals surface area (Å²) in [5.74, 6) is 0.706. The molecule has 3 heterocycles. The van der Waals surface area contributed by atoms with Gasteiger partial charge in [0.2, 0.25) is 5.91 Å². The number of pyridine rings is 1. The van der Waals surface area contributed by atoms with Crippen LogP contribution < -0.4 is 5.73 Å². The van der Waals surface area contributed by atoms with Crippen LogP contribution in [0.1, 0.15) is 55.8 Å². The third-order valence-corrected chi connectivity index (χ3v) is 5.51. The maximum atomic E-state index is 12.8. The summed E-state index contributed by atoms with van der Waals surface area (Å²) < 4.78 is 0. The van der Waals surface area contributed by atoms with Gasteiger partial charge in [0.25, 0.3) is 5.91 Å². The average molecular weight is 344 g/mol. The van der Waals surface area contributed by atoms with Gasteiger partial charge in [0.1, 0.15) is 5.82 Å². The summed E-state index contributed by atoms with van der Waals surface area (Å²) in [6.07, 6.45) is 7.26. The molecule has 2 N–H and O–H groups in total. The Labute approximate surface area is 149 Å². The molecule has 136 valence electrons. The lowest BCUT2D eigenvalue weighted by atomic mass is 9.73. The van der Waals surface area contributed by atoms with Crippen LogP contribution in [-0.4, -0.2) is 52.8 Å². The van der Waals surface area contributed by atoms with Crippen molar-refractivity contribution in [2.24, 2.45) is 5.41 Å². The van der Waals surface area contributed by atoms with Crippen LogP contribution in [0, 0.1) is 5.41 Å². The van der Waals surface area contributed by atoms with E-state index in [1.165, 1.54) is 0 Å². The third kappa shape index (κ3) is 3.94. The van der Waals surface area contributed by atoms with E-state index < -0.39 is 0 Å². The van der Waals surface area contributed by atoms with Crippen LogP contribution in [-0.2, 0) is 4.79 Å². The molecule has 2 saturated heterocycles. The molecular weight excluding hydrogens is 316 g/mol. The third-order valence-electron chi connectivity index (χ3n) is 5.51. The van der Waals surface area contributed by atoms with Crippen molar-refractivity contribution in [1.29, 1.82) is 0 Å². The van der Waals surface area contributed by atoms with E-state index in [9.17, 15) is 9.59 Å². The Balaban J connectivity index is 1.70. The van der Waals surface area contributed by atoms with E-state index in [0.717, 1.165) is 58.3 Å². The summed E-state index contributed by atoms with van der Waals surface area (Å²) in [5, 5.41) is 0. The normalized spacial score (nSPS) is 24.0. The zero-order valence-electron chi connectivity index (χ0n) is 15.0. The van der Waals surface area contributed by atoms with E-state index in [2.05, 4.69) is 11.9 Å². The highest BCUT2D eigenvalue weighted by Crippen LogP contribution is 2.39. The summed E-state index contributed by atoms with van der Waals surface area (Å²) in [4.78, 5) is 33.0. The number of aromatic nitrogens is 1. The molecular formula is C19H28N4O2. The monoisotopic (exact) mass is 344 g/mol. The van der Waals surface area contributed by atoms with Gasteiger partial charge in [-0.15, -0.1) is 0 Å². The number of anilines is 1. The largest absolute Gasteiger partial charge is 0.384 e. The Morgan fingerprint density at radius 3 is 2.88 bits per heavy atom. The predicted octanol–water partition coefficient (Wildman–Crippen LogP) is 2.31. The molecule has 6 nitrogen and oxygen atoms in total. The number of nitrogens with two attached hydrogens (primary N) is 1. The van der Waals surface area contributed by atoms with Crippen molar-refractivity contribution in [3.8, 4) is 0 Å². The molecule has 1 unspecified atom stereocenters. The second kappa shape index (κ2) is 7.42. The minimum absolute atomic E-state index is 0.0172. The van der Waals surface area contributed by atoms with Gasteiger partial charge >= 0.3 is 0 Å². The van der Waals surface area contributed by atoms with E-state index in [1.807, 2.05) is 9.80 Å². The first-order valence-electron chi connectivity index (χ1n) is 9.32. The molecule has 25 heavy (non-hydrogen) atoms. The lowest BCUT2D eigenvalue weighted by molar-refractivity contribution is -0.139. The summed E-state index contributed by atoms with van der Waals surface area (Å²) in [6, 6.07) is 3.41. The number of likely N-dealkylation sites (tertiary alicyclic amines) is 2. The Hall–Kier alpha value is -2.11. The zero-order valence-corrected chi connectivity index (χ0v) is 15.0. The van der Waals surface area contributed by atoms with E-state index in [0.29, 0.717) is 17.8 Å². The quantitative estimate of drug-likeness (QED) is 0.909. The van der Waals surface area contributed by atoms with Gasteiger partial charge in [0.15, 0.2) is 0 Å². The average Bonchev–Trinajstić information content (AvgIpc) is 2.63. The van der Waals surface area contributed by atoms with Crippen molar-refractivity contribution in [2.75, 3.05) is 31.9 Å². The smallest absolute Gasteiger partial charge is 0.255 e. The molecule has 2 fully saturated rings. The topological polar surface area (TPSA) is 79.5 Å². The number of hydrogen-bond donors (Lipinski definition) is 1. The number of rotatable bonds is 4. The molecule has 1 spiro atoms. The second-order valence-electron chi connectivity index (χ2n) is 7.47. The fourth-order valence-corrected chi connectivity index (χ4v) is 4.08. The Bertz CT molecular complexity index is 631. The van der Waals surface area contributed by atoms with E-state index in [4.69, 9.17) is 5.73 Å². The molecule has 0 radical (unpaired) electrons. The number of unbranched alkanes of at least 4 members (excludes halogenated alkanes) is 1. The Kier molecular flexibility index (Phi) is 5.25. The number of hydrogen-bond acceptors (Lipinski definition) is 4. The van der Waals surface area contributed by atoms with Gasteiger partial charge in [-0.3, -0.25) is 9.59 Å². The first-order chi connectivity index (χ1) is 12.0. The zero-order chi connectivity index (χ0) is 17.9. The molecule has 0 aromatic carbocycles. The van der Waals surface area contributed by atoms with Crippen LogP contribution in [0.25, 0.3) is 0 Å². The summed E-state index contributed by atoms with van der Waals surface area (Å²) >= 11 is 0. The number of amides is 2. The summed E-state index contributed by atoms with van der Waals surface area (Å²) in [6.45, 7) is 5.27. The molecule has 6 heteroatoms. The SMILES string of the molecule is CCCCN1CC2(CCCN(C(=O)c3ccc(N)nc3)C2)CCC1=O. The van der Waals surface area contributed by atoms with Crippen molar-refractivity contribution in [3.63, 3.8) is 0 Å². The highest BCUT2D eigenvalue weighted by Gasteiger charge is 2.42. The lowest BCUT2D eigenvalue weighted by Crippen LogP contribution is -2.55. The summed E-state index contributed by atoms with van der Waals surface area (Å²) in [7, 11) is 0. The highest BCUT2D eigenvalue weighted by molar-refractivity contribution is 5.94. The number of carbonyl (C=O) groups excluding carboxylic acids is 2. The first-order valence-corrected chi connectivity index (χ1v) is 9.32. The number of nitrogen functional groups attached to an aromatic ring is 1. The van der Waals surface area contributed by atoms with Crippen LogP contribution in [0.5, 0.6) is 0 Å². The van der Waals surface area contributed by atoms with Gasteiger partial charge in [-0.2, -0.15) is 0 Å². The van der Waals surface area contributed by atoms with Crippen LogP contribution in [0.4, 0.5) is 5.82 Å². The molecule has 0 saturated carbocycles. The van der Waals surface area contributed by atoms with Crippen molar-refractivity contribution in [2.45, 2.75) is 45.4 Å². The lowest BCUT2D eigenvalue weighted by Gasteiger charge is -2.48. The van der Waals surface area contributed by atoms with Crippen molar-refractivity contribution < 1.29 is 9.59 Å². The maximum absolute atomic E-state index is 12.8. The van der Waals surface area contributed by atoms with E-state index in [-0.39, 0.29) is 17.2 Å². The van der Waals surface area contributed by atoms with Crippen LogP contribution >= 0.6 is 0 Å². The second-order valence-corrected chi connectivity index (χ2v) is 7.47. The Morgan fingerprint density at radius 2 is 2.16 bits per heavy atom. The minimum Gasteiger partial charge on any atom is -0.384 e. The van der Waals surface area contributed by atoms with E-state index >= 15 is 0 Å². The maximum Gasteiger partial charge on any atom is 0.255 e. The molecule has 0 aliphatic carbocycles. The number of carbonyl (C=O) groups is 2. The van der Waals surface area contributed by atoms with Gasteiger partial charge in [0, 0.05) is 44.2 Å². The molecule has 2 aliphatic rings. The molecule has 0 bridgehead atoms. The standard InChI is InChI=1S/C19H28N4O2/c1-2-3-10-22-13-19(9-7-17(22)24)8-4-11-23(14-19)18(25)15-5-6-16(20)21-12-15/h5-6,12H,2-4,7-11,13-14H2,1H3,(H2,20,21). The number of nitrogens with zero attached hydrogens (tertiary/aromatic N) is 3. The van der Waals surface area contributed by atoms with Gasteiger partial charge in [-0.05, 0) is 37.8 Å². The molecule has 2 aliphatic heterocycles. The fraction of sp³-hybridized carbons (Fsp3) is 0.632. The van der Waals surface area contributed by atoms with Crippen LogP contribution in [0.15, 0.2) is 18.3 Å². The van der Waals surface area contributed by atoms with E-state index in [1.54, 1.807) is 18.3 Å². The number of piperidine rings is 2. The highest BCUT2D eigenvalue weighted by atomic mass is 16.2. The van der Waals surface area contributed by atoms with Gasteiger partial charge in [0.05, 0.1) is 5.56 Å². The van der Waals surface area contributed by atoms with Gasteiger partial charge in [-0.25, -0.2) is 4.98 Å². The predicted molar refractivity (Wildman–Crippen MR) is 96.9 cm³/mol. The van der Waals surface area contributed by atoms with Crippen LogP contribution in [0.3, 0.4) is 0 Å². The first kappa shape index (κ1) is 17.7. The molecule has 2 amide bonds. The molecule has 1 atom stereocenters. The van der Waals surface area contributed by atoms with Crippen LogP contribution in [0.2, 0.25) is 0 Å². The van der Waals surface area contributed by atoms with Crippen molar-refractivity contribution in [1.82, 2.24) is 14.8 Å².